The topological polar surface area (TPSA) is 84.9 Å². The summed E-state index contributed by atoms with van der Waals surface area (Å²) in [6, 6.07) is 21.0. The van der Waals surface area contributed by atoms with Crippen LogP contribution in [0.2, 0.25) is 10.0 Å². The molecule has 162 valence electrons. The Balaban J connectivity index is 1.50. The number of carbonyl (C=O) groups is 1. The number of esters is 1. The maximum absolute atomic E-state index is 13.1. The first-order chi connectivity index (χ1) is 16.0. The maximum Gasteiger partial charge on any atom is 0.339 e. The summed E-state index contributed by atoms with van der Waals surface area (Å²) >= 11 is 12.4. The predicted molar refractivity (Wildman–Crippen MR) is 129 cm³/mol. The van der Waals surface area contributed by atoms with E-state index in [0.29, 0.717) is 48.7 Å². The minimum atomic E-state index is -0.573. The molecule has 6 nitrogen and oxygen atoms in total. The zero-order valence-electron chi connectivity index (χ0n) is 17.0. The second-order valence-electron chi connectivity index (χ2n) is 7.30. The van der Waals surface area contributed by atoms with E-state index in [-0.39, 0.29) is 18.0 Å². The third-order valence-corrected chi connectivity index (χ3v) is 5.71. The average Bonchev–Trinajstić information content (AvgIpc) is 2.82. The number of fused-ring (bicyclic) bond motifs is 2. The summed E-state index contributed by atoms with van der Waals surface area (Å²) in [4.78, 5) is 37.1. The highest BCUT2D eigenvalue weighted by molar-refractivity contribution is 6.33. The number of halogens is 2. The molecule has 0 saturated carbocycles. The largest absolute Gasteiger partial charge is 0.454 e. The quantitative estimate of drug-likeness (QED) is 0.332. The molecule has 0 spiro atoms. The van der Waals surface area contributed by atoms with Crippen molar-refractivity contribution >= 4 is 51.0 Å². The number of benzene rings is 3. The average molecular weight is 476 g/mol. The van der Waals surface area contributed by atoms with Gasteiger partial charge in [-0.1, -0.05) is 59.6 Å². The SMILES string of the molecule is O=C(OCc1nc2cc(Cl)ccc2c(=O)[nH]1)c1cc(-c2ccccc2Cl)nc2ccccc12. The van der Waals surface area contributed by atoms with Crippen molar-refractivity contribution in [3.8, 4) is 11.3 Å². The summed E-state index contributed by atoms with van der Waals surface area (Å²) in [6.07, 6.45) is 0. The number of carbonyl (C=O) groups excluding carboxylic acids is 1. The Bertz CT molecular complexity index is 1600. The standard InChI is InChI=1S/C25H15Cl2N3O3/c26-14-9-10-17-21(11-14)29-23(30-24(17)31)13-33-25(32)18-12-22(16-6-1-3-7-19(16)27)28-20-8-4-2-5-15(18)20/h1-12H,13H2,(H,29,30,31). The molecule has 33 heavy (non-hydrogen) atoms. The van der Waals surface area contributed by atoms with Crippen LogP contribution in [0, 0.1) is 0 Å². The molecule has 2 heterocycles. The number of pyridine rings is 1. The van der Waals surface area contributed by atoms with Gasteiger partial charge in [0.25, 0.3) is 5.56 Å². The molecule has 0 aliphatic heterocycles. The summed E-state index contributed by atoms with van der Waals surface area (Å²) in [5.41, 5.74) is 2.32. The van der Waals surface area contributed by atoms with Crippen molar-refractivity contribution in [2.24, 2.45) is 0 Å². The third-order valence-electron chi connectivity index (χ3n) is 5.14. The van der Waals surface area contributed by atoms with Crippen LogP contribution in [-0.2, 0) is 11.3 Å². The van der Waals surface area contributed by atoms with E-state index in [2.05, 4.69) is 15.0 Å². The normalized spacial score (nSPS) is 11.1. The molecular formula is C25H15Cl2N3O3. The lowest BCUT2D eigenvalue weighted by molar-refractivity contribution is 0.0464. The third kappa shape index (κ3) is 4.18. The van der Waals surface area contributed by atoms with Gasteiger partial charge in [0.2, 0.25) is 0 Å². The number of rotatable bonds is 4. The van der Waals surface area contributed by atoms with E-state index in [4.69, 9.17) is 27.9 Å². The molecule has 0 saturated heterocycles. The lowest BCUT2D eigenvalue weighted by atomic mass is 10.0. The first-order valence-corrected chi connectivity index (χ1v) is 10.8. The molecule has 0 atom stereocenters. The Morgan fingerprint density at radius 2 is 1.67 bits per heavy atom. The van der Waals surface area contributed by atoms with Crippen molar-refractivity contribution in [1.29, 1.82) is 0 Å². The van der Waals surface area contributed by atoms with E-state index >= 15 is 0 Å². The molecule has 0 fully saturated rings. The summed E-state index contributed by atoms with van der Waals surface area (Å²) < 4.78 is 5.51. The lowest BCUT2D eigenvalue weighted by Crippen LogP contribution is -2.15. The number of aromatic nitrogens is 3. The molecule has 1 N–H and O–H groups in total. The highest BCUT2D eigenvalue weighted by atomic mass is 35.5. The van der Waals surface area contributed by atoms with Crippen molar-refractivity contribution in [3.63, 3.8) is 0 Å². The van der Waals surface area contributed by atoms with Crippen LogP contribution < -0.4 is 5.56 Å². The van der Waals surface area contributed by atoms with Crippen LogP contribution in [0.25, 0.3) is 33.1 Å². The van der Waals surface area contributed by atoms with Crippen molar-refractivity contribution < 1.29 is 9.53 Å². The number of hydrogen-bond acceptors (Lipinski definition) is 5. The van der Waals surface area contributed by atoms with Gasteiger partial charge in [0.15, 0.2) is 0 Å². The van der Waals surface area contributed by atoms with Crippen LogP contribution in [0.15, 0.2) is 77.6 Å². The van der Waals surface area contributed by atoms with Crippen molar-refractivity contribution in [1.82, 2.24) is 15.0 Å². The Hall–Kier alpha value is -3.74. The predicted octanol–water partition coefficient (Wildman–Crippen LogP) is 5.80. The summed E-state index contributed by atoms with van der Waals surface area (Å²) in [6.45, 7) is -0.214. The molecule has 0 amide bonds. The lowest BCUT2D eigenvalue weighted by Gasteiger charge is -2.11. The number of para-hydroxylation sites is 1. The van der Waals surface area contributed by atoms with Gasteiger partial charge in [-0.05, 0) is 36.4 Å². The molecular weight excluding hydrogens is 461 g/mol. The van der Waals surface area contributed by atoms with Gasteiger partial charge in [-0.25, -0.2) is 14.8 Å². The molecule has 0 aliphatic rings. The molecule has 2 aromatic heterocycles. The number of H-pyrrole nitrogens is 1. The second kappa shape index (κ2) is 8.65. The Morgan fingerprint density at radius 3 is 2.52 bits per heavy atom. The van der Waals surface area contributed by atoms with Gasteiger partial charge in [-0.15, -0.1) is 0 Å². The number of ether oxygens (including phenoxy) is 1. The van der Waals surface area contributed by atoms with E-state index in [1.807, 2.05) is 36.4 Å². The summed E-state index contributed by atoms with van der Waals surface area (Å²) in [5.74, 6) is -0.358. The highest BCUT2D eigenvalue weighted by Crippen LogP contribution is 2.30. The Morgan fingerprint density at radius 1 is 0.879 bits per heavy atom. The molecule has 8 heteroatoms. The molecule has 0 unspecified atom stereocenters. The molecule has 5 aromatic rings. The number of nitrogens with one attached hydrogen (secondary N) is 1. The number of nitrogens with zero attached hydrogens (tertiary/aromatic N) is 2. The molecule has 5 rings (SSSR count). The zero-order valence-corrected chi connectivity index (χ0v) is 18.5. The minimum Gasteiger partial charge on any atom is -0.454 e. The van der Waals surface area contributed by atoms with E-state index in [1.54, 1.807) is 36.4 Å². The first kappa shape index (κ1) is 21.1. The fraction of sp³-hybridized carbons (Fsp3) is 0.0400. The fourth-order valence-corrected chi connectivity index (χ4v) is 3.99. The van der Waals surface area contributed by atoms with Crippen molar-refractivity contribution in [3.05, 3.63) is 105 Å². The zero-order chi connectivity index (χ0) is 22.9. The van der Waals surface area contributed by atoms with Crippen LogP contribution in [0.3, 0.4) is 0 Å². The summed E-state index contributed by atoms with van der Waals surface area (Å²) in [7, 11) is 0. The maximum atomic E-state index is 13.1. The van der Waals surface area contributed by atoms with E-state index < -0.39 is 5.97 Å². The Kier molecular flexibility index (Phi) is 5.54. The van der Waals surface area contributed by atoms with Gasteiger partial charge in [0.05, 0.1) is 27.7 Å². The second-order valence-corrected chi connectivity index (χ2v) is 8.15. The molecule has 0 aliphatic carbocycles. The van der Waals surface area contributed by atoms with E-state index in [9.17, 15) is 9.59 Å². The highest BCUT2D eigenvalue weighted by Gasteiger charge is 2.17. The molecule has 3 aromatic carbocycles. The Labute approximate surface area is 197 Å². The van der Waals surface area contributed by atoms with Gasteiger partial charge in [-0.2, -0.15) is 0 Å². The van der Waals surface area contributed by atoms with Gasteiger partial charge in [-0.3, -0.25) is 4.79 Å². The van der Waals surface area contributed by atoms with Crippen molar-refractivity contribution in [2.45, 2.75) is 6.61 Å². The minimum absolute atomic E-state index is 0.214. The first-order valence-electron chi connectivity index (χ1n) is 10.00. The number of aromatic amines is 1. The van der Waals surface area contributed by atoms with Gasteiger partial charge >= 0.3 is 5.97 Å². The fourth-order valence-electron chi connectivity index (χ4n) is 3.59. The van der Waals surface area contributed by atoms with Crippen LogP contribution in [0.5, 0.6) is 0 Å². The van der Waals surface area contributed by atoms with Crippen molar-refractivity contribution in [2.75, 3.05) is 0 Å². The van der Waals surface area contributed by atoms with Gasteiger partial charge < -0.3 is 9.72 Å². The smallest absolute Gasteiger partial charge is 0.339 e. The van der Waals surface area contributed by atoms with Gasteiger partial charge in [0.1, 0.15) is 12.4 Å². The van der Waals surface area contributed by atoms with Gasteiger partial charge in [0, 0.05) is 21.0 Å². The van der Waals surface area contributed by atoms with E-state index in [0.717, 1.165) is 0 Å². The van der Waals surface area contributed by atoms with Crippen LogP contribution >= 0.6 is 23.2 Å². The van der Waals surface area contributed by atoms with Crippen LogP contribution in [0.4, 0.5) is 0 Å². The molecule has 0 radical (unpaired) electrons. The monoisotopic (exact) mass is 475 g/mol. The molecule has 0 bridgehead atoms. The number of hydrogen-bond donors (Lipinski definition) is 1. The van der Waals surface area contributed by atoms with E-state index in [1.165, 1.54) is 0 Å². The van der Waals surface area contributed by atoms with Crippen LogP contribution in [-0.4, -0.2) is 20.9 Å². The summed E-state index contributed by atoms with van der Waals surface area (Å²) in [5, 5.41) is 2.03. The van der Waals surface area contributed by atoms with Crippen LogP contribution in [0.1, 0.15) is 16.2 Å².